The van der Waals surface area contributed by atoms with Gasteiger partial charge in [0.25, 0.3) is 0 Å². The Kier molecular flexibility index (Phi) is 3.88. The Morgan fingerprint density at radius 2 is 1.64 bits per heavy atom. The molecule has 3 aliphatic heterocycles. The zero-order valence-corrected chi connectivity index (χ0v) is 18.0. The van der Waals surface area contributed by atoms with Crippen LogP contribution in [-0.2, 0) is 13.0 Å². The SMILES string of the molecule is COc1ccc(N=c2c3c4c(ccc3cc3n2CCc2cc5c(cc2-3)OCO5)OCO4)cc1. The van der Waals surface area contributed by atoms with Gasteiger partial charge in [-0.1, -0.05) is 6.07 Å². The van der Waals surface area contributed by atoms with Crippen LogP contribution < -0.4 is 29.2 Å². The van der Waals surface area contributed by atoms with E-state index < -0.39 is 0 Å². The normalized spacial score (nSPS) is 15.5. The molecule has 0 unspecified atom stereocenters. The van der Waals surface area contributed by atoms with Crippen LogP contribution in [0.15, 0.2) is 59.6 Å². The molecule has 0 atom stereocenters. The Balaban J connectivity index is 1.55. The molecule has 3 aliphatic rings. The first kappa shape index (κ1) is 18.4. The van der Waals surface area contributed by atoms with Crippen molar-refractivity contribution < 1.29 is 23.7 Å². The summed E-state index contributed by atoms with van der Waals surface area (Å²) in [6, 6.07) is 18.2. The number of benzene rings is 3. The van der Waals surface area contributed by atoms with Gasteiger partial charge in [0.2, 0.25) is 13.6 Å². The fraction of sp³-hybridized carbons (Fsp3) is 0.192. The third-order valence-electron chi connectivity index (χ3n) is 6.42. The Morgan fingerprint density at radius 1 is 0.848 bits per heavy atom. The summed E-state index contributed by atoms with van der Waals surface area (Å²) in [5.41, 5.74) is 5.16. The number of hydrogen-bond acceptors (Lipinski definition) is 6. The minimum absolute atomic E-state index is 0.213. The van der Waals surface area contributed by atoms with Gasteiger partial charge < -0.3 is 28.3 Å². The van der Waals surface area contributed by atoms with Crippen LogP contribution in [0.1, 0.15) is 5.56 Å². The summed E-state index contributed by atoms with van der Waals surface area (Å²) < 4.78 is 30.4. The highest BCUT2D eigenvalue weighted by atomic mass is 16.7. The molecule has 7 rings (SSSR count). The summed E-state index contributed by atoms with van der Waals surface area (Å²) >= 11 is 0. The van der Waals surface area contributed by atoms with E-state index in [1.165, 1.54) is 5.56 Å². The molecule has 3 aromatic carbocycles. The van der Waals surface area contributed by atoms with E-state index in [2.05, 4.69) is 28.8 Å². The number of pyridine rings is 1. The van der Waals surface area contributed by atoms with Crippen molar-refractivity contribution in [2.45, 2.75) is 13.0 Å². The molecule has 0 amide bonds. The topological polar surface area (TPSA) is 63.4 Å². The molecule has 4 heterocycles. The van der Waals surface area contributed by atoms with Gasteiger partial charge in [-0.15, -0.1) is 0 Å². The van der Waals surface area contributed by atoms with Crippen LogP contribution >= 0.6 is 0 Å². The number of fused-ring (bicyclic) bond motifs is 7. The lowest BCUT2D eigenvalue weighted by Crippen LogP contribution is -2.27. The van der Waals surface area contributed by atoms with Crippen molar-refractivity contribution in [3.8, 4) is 40.0 Å². The van der Waals surface area contributed by atoms with Gasteiger partial charge in [-0.25, -0.2) is 4.99 Å². The van der Waals surface area contributed by atoms with Gasteiger partial charge in [-0.05, 0) is 65.9 Å². The average Bonchev–Trinajstić information content (AvgIpc) is 3.52. The number of hydrogen-bond donors (Lipinski definition) is 0. The van der Waals surface area contributed by atoms with Gasteiger partial charge in [0.15, 0.2) is 23.0 Å². The molecular weight excluding hydrogens is 420 g/mol. The lowest BCUT2D eigenvalue weighted by atomic mass is 9.95. The predicted octanol–water partition coefficient (Wildman–Crippen LogP) is 4.56. The van der Waals surface area contributed by atoms with Crippen molar-refractivity contribution in [3.05, 3.63) is 65.6 Å². The van der Waals surface area contributed by atoms with Crippen molar-refractivity contribution in [3.63, 3.8) is 0 Å². The molecule has 0 spiro atoms. The highest BCUT2D eigenvalue weighted by Gasteiger charge is 2.26. The highest BCUT2D eigenvalue weighted by molar-refractivity contribution is 5.93. The van der Waals surface area contributed by atoms with Crippen LogP contribution in [0.3, 0.4) is 0 Å². The van der Waals surface area contributed by atoms with Crippen molar-refractivity contribution in [2.24, 2.45) is 4.99 Å². The molecule has 0 saturated heterocycles. The second kappa shape index (κ2) is 6.93. The standard InChI is InChI=1S/C26H20N2O5/c1-29-18-5-3-17(4-6-18)27-26-24-16(2-7-21-25(24)33-14-30-21)10-20-19-12-23-22(31-13-32-23)11-15(19)8-9-28(20)26/h2-7,10-12H,8-9,13-14H2,1H3. The second-order valence-electron chi connectivity index (χ2n) is 8.19. The Morgan fingerprint density at radius 3 is 2.48 bits per heavy atom. The third-order valence-corrected chi connectivity index (χ3v) is 6.42. The van der Waals surface area contributed by atoms with Crippen LogP contribution in [0.2, 0.25) is 0 Å². The van der Waals surface area contributed by atoms with Crippen LogP contribution in [-0.4, -0.2) is 25.3 Å². The fourth-order valence-electron chi connectivity index (χ4n) is 4.82. The van der Waals surface area contributed by atoms with Crippen LogP contribution in [0.25, 0.3) is 22.0 Å². The summed E-state index contributed by atoms with van der Waals surface area (Å²) in [5, 5.41) is 2.00. The van der Waals surface area contributed by atoms with Gasteiger partial charge in [0.05, 0.1) is 23.9 Å². The maximum Gasteiger partial charge on any atom is 0.231 e. The van der Waals surface area contributed by atoms with E-state index in [1.54, 1.807) is 7.11 Å². The van der Waals surface area contributed by atoms with E-state index in [9.17, 15) is 0 Å². The lowest BCUT2D eigenvalue weighted by Gasteiger charge is -2.24. The average molecular weight is 440 g/mol. The molecule has 0 N–H and O–H groups in total. The molecule has 7 heteroatoms. The maximum absolute atomic E-state index is 5.90. The van der Waals surface area contributed by atoms with E-state index in [4.69, 9.17) is 28.7 Å². The molecule has 0 bridgehead atoms. The maximum atomic E-state index is 5.90. The van der Waals surface area contributed by atoms with Gasteiger partial charge >= 0.3 is 0 Å². The molecular formula is C26H20N2O5. The number of methoxy groups -OCH3 is 1. The zero-order valence-electron chi connectivity index (χ0n) is 18.0. The predicted molar refractivity (Wildman–Crippen MR) is 122 cm³/mol. The number of ether oxygens (including phenoxy) is 5. The summed E-state index contributed by atoms with van der Waals surface area (Å²) in [6.07, 6.45) is 0.868. The highest BCUT2D eigenvalue weighted by Crippen LogP contribution is 2.43. The van der Waals surface area contributed by atoms with Gasteiger partial charge in [0, 0.05) is 12.1 Å². The molecule has 0 saturated carbocycles. The number of aryl methyl sites for hydroxylation is 1. The summed E-state index contributed by atoms with van der Waals surface area (Å²) in [5.74, 6) is 3.88. The number of rotatable bonds is 2. The Hall–Kier alpha value is -4.13. The molecule has 1 aromatic heterocycles. The molecule has 0 radical (unpaired) electrons. The van der Waals surface area contributed by atoms with E-state index in [1.807, 2.05) is 30.3 Å². The van der Waals surface area contributed by atoms with Gasteiger partial charge in [-0.3, -0.25) is 0 Å². The summed E-state index contributed by atoms with van der Waals surface area (Å²) in [7, 11) is 1.66. The first-order valence-corrected chi connectivity index (χ1v) is 10.9. The Labute approximate surface area is 189 Å². The van der Waals surface area contributed by atoms with Crippen LogP contribution in [0.5, 0.6) is 28.7 Å². The summed E-state index contributed by atoms with van der Waals surface area (Å²) in [6.45, 7) is 1.26. The van der Waals surface area contributed by atoms with Crippen LogP contribution in [0.4, 0.5) is 5.69 Å². The monoisotopic (exact) mass is 440 g/mol. The largest absolute Gasteiger partial charge is 0.497 e. The van der Waals surface area contributed by atoms with Crippen LogP contribution in [0, 0.1) is 0 Å². The smallest absolute Gasteiger partial charge is 0.231 e. The molecule has 0 aliphatic carbocycles. The minimum atomic E-state index is 0.213. The molecule has 33 heavy (non-hydrogen) atoms. The van der Waals surface area contributed by atoms with Gasteiger partial charge in [0.1, 0.15) is 11.2 Å². The van der Waals surface area contributed by atoms with Crippen molar-refractivity contribution in [1.82, 2.24) is 4.57 Å². The van der Waals surface area contributed by atoms with E-state index in [0.717, 1.165) is 74.9 Å². The first-order valence-electron chi connectivity index (χ1n) is 10.9. The molecule has 7 nitrogen and oxygen atoms in total. The van der Waals surface area contributed by atoms with E-state index >= 15 is 0 Å². The zero-order chi connectivity index (χ0) is 21.9. The third kappa shape index (κ3) is 2.78. The van der Waals surface area contributed by atoms with E-state index in [0.29, 0.717) is 0 Å². The van der Waals surface area contributed by atoms with E-state index in [-0.39, 0.29) is 13.6 Å². The quantitative estimate of drug-likeness (QED) is 0.457. The van der Waals surface area contributed by atoms with Crippen molar-refractivity contribution >= 4 is 16.5 Å². The molecule has 164 valence electrons. The molecule has 4 aromatic rings. The second-order valence-corrected chi connectivity index (χ2v) is 8.19. The number of aromatic nitrogens is 1. The number of nitrogens with zero attached hydrogens (tertiary/aromatic N) is 2. The van der Waals surface area contributed by atoms with Crippen molar-refractivity contribution in [1.29, 1.82) is 0 Å². The van der Waals surface area contributed by atoms with Crippen molar-refractivity contribution in [2.75, 3.05) is 20.7 Å². The molecule has 0 fully saturated rings. The summed E-state index contributed by atoms with van der Waals surface area (Å²) in [4.78, 5) is 5.10. The van der Waals surface area contributed by atoms with Gasteiger partial charge in [-0.2, -0.15) is 0 Å². The first-order chi connectivity index (χ1) is 16.3. The Bertz CT molecular complexity index is 1500. The lowest BCUT2D eigenvalue weighted by molar-refractivity contribution is 0.174. The minimum Gasteiger partial charge on any atom is -0.497 e. The fourth-order valence-corrected chi connectivity index (χ4v) is 4.82.